The molecule has 0 N–H and O–H groups in total. The predicted molar refractivity (Wildman–Crippen MR) is 102 cm³/mol. The quantitative estimate of drug-likeness (QED) is 0.570. The van der Waals surface area contributed by atoms with Crippen LogP contribution in [0.3, 0.4) is 0 Å². The van der Waals surface area contributed by atoms with E-state index in [9.17, 15) is 4.79 Å². The molecule has 0 heterocycles. The Labute approximate surface area is 156 Å². The minimum absolute atomic E-state index is 0.0468. The van der Waals surface area contributed by atoms with Gasteiger partial charge in [-0.2, -0.15) is 0 Å². The Balaban J connectivity index is 1.61. The summed E-state index contributed by atoms with van der Waals surface area (Å²) < 4.78 is 10.7. The van der Waals surface area contributed by atoms with Crippen LogP contribution in [0.2, 0.25) is 0 Å². The lowest BCUT2D eigenvalue weighted by molar-refractivity contribution is -0.144. The van der Waals surface area contributed by atoms with Crippen molar-refractivity contribution in [2.75, 3.05) is 13.7 Å². The maximum absolute atomic E-state index is 12.1. The molecule has 0 amide bonds. The number of hydrogen-bond acceptors (Lipinski definition) is 3. The maximum atomic E-state index is 12.1. The summed E-state index contributed by atoms with van der Waals surface area (Å²) in [6, 6.07) is 6.62. The second-order valence-corrected chi connectivity index (χ2v) is 8.48. The highest BCUT2D eigenvalue weighted by atomic mass is 16.5. The lowest BCUT2D eigenvalue weighted by Crippen LogP contribution is -2.42. The zero-order valence-corrected chi connectivity index (χ0v) is 16.2. The molecule has 0 radical (unpaired) electrons. The van der Waals surface area contributed by atoms with Crippen LogP contribution in [0.25, 0.3) is 0 Å². The Morgan fingerprint density at radius 3 is 2.92 bits per heavy atom. The van der Waals surface area contributed by atoms with Gasteiger partial charge in [-0.25, -0.2) is 0 Å². The minimum Gasteiger partial charge on any atom is -0.497 e. The maximum Gasteiger partial charge on any atom is 0.306 e. The standard InChI is InChI=1S/C23H30O3/c1-4-26-21(24)14-16-9-11-23(2)12-10-19-18-8-6-17(25-3)13-15(18)5-7-20(19)22(16)23/h6,8-9,11,13,16,19-20,22H,4-5,7,10,12,14H2,1-3H3/t16-,19+,20+,22-,23-/m0/s1. The Morgan fingerprint density at radius 2 is 2.15 bits per heavy atom. The molecule has 1 aromatic rings. The van der Waals surface area contributed by atoms with Crippen molar-refractivity contribution in [3.63, 3.8) is 0 Å². The number of aryl methyl sites for hydroxylation is 1. The first-order chi connectivity index (χ1) is 12.6. The number of methoxy groups -OCH3 is 1. The number of fused-ring (bicyclic) bond motifs is 5. The summed E-state index contributed by atoms with van der Waals surface area (Å²) in [7, 11) is 1.74. The van der Waals surface area contributed by atoms with Crippen LogP contribution in [-0.2, 0) is 16.0 Å². The number of carbonyl (C=O) groups is 1. The summed E-state index contributed by atoms with van der Waals surface area (Å²) in [6.45, 7) is 4.76. The van der Waals surface area contributed by atoms with Gasteiger partial charge in [0.1, 0.15) is 5.75 Å². The molecule has 1 saturated carbocycles. The molecule has 3 aliphatic rings. The van der Waals surface area contributed by atoms with Crippen LogP contribution in [0.15, 0.2) is 30.4 Å². The highest BCUT2D eigenvalue weighted by Crippen LogP contribution is 2.60. The van der Waals surface area contributed by atoms with Crippen molar-refractivity contribution in [3.8, 4) is 5.75 Å². The molecule has 3 heteroatoms. The zero-order valence-electron chi connectivity index (χ0n) is 16.2. The Bertz CT molecular complexity index is 722. The van der Waals surface area contributed by atoms with E-state index >= 15 is 0 Å². The third-order valence-electron chi connectivity index (χ3n) is 7.12. The average Bonchev–Trinajstić information content (AvgIpc) is 2.97. The lowest BCUT2D eigenvalue weighted by atomic mass is 9.54. The van der Waals surface area contributed by atoms with E-state index in [1.165, 1.54) is 30.4 Å². The van der Waals surface area contributed by atoms with Gasteiger partial charge in [0.15, 0.2) is 0 Å². The molecule has 0 aliphatic heterocycles. The van der Waals surface area contributed by atoms with E-state index in [-0.39, 0.29) is 11.4 Å². The van der Waals surface area contributed by atoms with E-state index in [1.54, 1.807) is 7.11 Å². The van der Waals surface area contributed by atoms with Gasteiger partial charge in [-0.3, -0.25) is 4.79 Å². The van der Waals surface area contributed by atoms with E-state index in [0.717, 1.165) is 12.2 Å². The predicted octanol–water partition coefficient (Wildman–Crippen LogP) is 4.90. The molecule has 4 rings (SSSR count). The number of benzene rings is 1. The van der Waals surface area contributed by atoms with Crippen molar-refractivity contribution in [2.24, 2.45) is 23.2 Å². The SMILES string of the molecule is CCOC(=O)C[C@@H]1C=C[C@@]2(C)CC[C@@H]3c4ccc(OC)cc4CC[C@H]3[C@H]12. The van der Waals surface area contributed by atoms with Gasteiger partial charge >= 0.3 is 5.97 Å². The van der Waals surface area contributed by atoms with E-state index in [4.69, 9.17) is 9.47 Å². The fourth-order valence-electron chi connectivity index (χ4n) is 6.03. The van der Waals surface area contributed by atoms with Crippen molar-refractivity contribution < 1.29 is 14.3 Å². The first kappa shape index (κ1) is 17.6. The van der Waals surface area contributed by atoms with E-state index in [2.05, 4.69) is 37.3 Å². The summed E-state index contributed by atoms with van der Waals surface area (Å²) in [5.74, 6) is 3.07. The Morgan fingerprint density at radius 1 is 1.31 bits per heavy atom. The lowest BCUT2D eigenvalue weighted by Gasteiger charge is -2.50. The average molecular weight is 354 g/mol. The fraction of sp³-hybridized carbons (Fsp3) is 0.609. The molecule has 5 atom stereocenters. The molecule has 0 spiro atoms. The van der Waals surface area contributed by atoms with Crippen LogP contribution in [0.4, 0.5) is 0 Å². The van der Waals surface area contributed by atoms with E-state index in [0.29, 0.717) is 36.7 Å². The van der Waals surface area contributed by atoms with Crippen LogP contribution in [0.1, 0.15) is 56.6 Å². The van der Waals surface area contributed by atoms with E-state index < -0.39 is 0 Å². The number of carbonyl (C=O) groups excluding carboxylic acids is 1. The van der Waals surface area contributed by atoms with Gasteiger partial charge in [0.05, 0.1) is 20.1 Å². The second kappa shape index (κ2) is 6.75. The van der Waals surface area contributed by atoms with Crippen molar-refractivity contribution in [1.29, 1.82) is 0 Å². The second-order valence-electron chi connectivity index (χ2n) is 8.48. The monoisotopic (exact) mass is 354 g/mol. The van der Waals surface area contributed by atoms with Gasteiger partial charge in [0, 0.05) is 0 Å². The molecular formula is C23H30O3. The van der Waals surface area contributed by atoms with Crippen LogP contribution in [0, 0.1) is 23.2 Å². The van der Waals surface area contributed by atoms with Crippen LogP contribution >= 0.6 is 0 Å². The van der Waals surface area contributed by atoms with Crippen molar-refractivity contribution in [2.45, 2.75) is 51.9 Å². The molecule has 3 nitrogen and oxygen atoms in total. The van der Waals surface area contributed by atoms with Gasteiger partial charge < -0.3 is 9.47 Å². The van der Waals surface area contributed by atoms with E-state index in [1.807, 2.05) is 6.92 Å². The van der Waals surface area contributed by atoms with Crippen LogP contribution in [0.5, 0.6) is 5.75 Å². The number of esters is 1. The molecule has 1 fully saturated rings. The molecule has 0 saturated heterocycles. The summed E-state index contributed by atoms with van der Waals surface area (Å²) in [5, 5.41) is 0. The first-order valence-electron chi connectivity index (χ1n) is 10.1. The fourth-order valence-corrected chi connectivity index (χ4v) is 6.03. The zero-order chi connectivity index (χ0) is 18.3. The van der Waals surface area contributed by atoms with Crippen molar-refractivity contribution >= 4 is 5.97 Å². The molecule has 1 aromatic carbocycles. The number of rotatable bonds is 4. The first-order valence-corrected chi connectivity index (χ1v) is 10.1. The van der Waals surface area contributed by atoms with Gasteiger partial charge in [0.25, 0.3) is 0 Å². The summed E-state index contributed by atoms with van der Waals surface area (Å²) >= 11 is 0. The highest BCUT2D eigenvalue weighted by Gasteiger charge is 2.52. The molecular weight excluding hydrogens is 324 g/mol. The van der Waals surface area contributed by atoms with Gasteiger partial charge in [-0.15, -0.1) is 0 Å². The summed E-state index contributed by atoms with van der Waals surface area (Å²) in [5.41, 5.74) is 3.22. The molecule has 26 heavy (non-hydrogen) atoms. The smallest absolute Gasteiger partial charge is 0.306 e. The summed E-state index contributed by atoms with van der Waals surface area (Å²) in [6.07, 6.45) is 10.0. The van der Waals surface area contributed by atoms with Gasteiger partial charge in [-0.05, 0) is 85.0 Å². The summed E-state index contributed by atoms with van der Waals surface area (Å²) in [4.78, 5) is 12.1. The number of allylic oxidation sites excluding steroid dienone is 2. The third-order valence-corrected chi connectivity index (χ3v) is 7.12. The highest BCUT2D eigenvalue weighted by molar-refractivity contribution is 5.70. The molecule has 140 valence electrons. The van der Waals surface area contributed by atoms with Crippen LogP contribution in [-0.4, -0.2) is 19.7 Å². The molecule has 0 bridgehead atoms. The number of hydrogen-bond donors (Lipinski definition) is 0. The van der Waals surface area contributed by atoms with Crippen LogP contribution < -0.4 is 4.74 Å². The van der Waals surface area contributed by atoms with Gasteiger partial charge in [-0.1, -0.05) is 25.1 Å². The minimum atomic E-state index is -0.0468. The van der Waals surface area contributed by atoms with Crippen molar-refractivity contribution in [1.82, 2.24) is 0 Å². The molecule has 0 aromatic heterocycles. The molecule has 3 aliphatic carbocycles. The normalized spacial score (nSPS) is 34.6. The largest absolute Gasteiger partial charge is 0.497 e. The Kier molecular flexibility index (Phi) is 4.58. The Hall–Kier alpha value is -1.77. The number of ether oxygens (including phenoxy) is 2. The van der Waals surface area contributed by atoms with Gasteiger partial charge in [0.2, 0.25) is 0 Å². The topological polar surface area (TPSA) is 35.5 Å². The molecule has 0 unspecified atom stereocenters. The van der Waals surface area contributed by atoms with Crippen molar-refractivity contribution in [3.05, 3.63) is 41.5 Å². The third kappa shape index (κ3) is 2.86.